The number of carbonyl (C=O) groups is 2. The lowest BCUT2D eigenvalue weighted by Gasteiger charge is -2.33. The first-order valence-electron chi connectivity index (χ1n) is 9.91. The number of nitrogens with two attached hydrogens (primary N) is 1. The molecule has 9 nitrogen and oxygen atoms in total. The Morgan fingerprint density at radius 3 is 2.80 bits per heavy atom. The first kappa shape index (κ1) is 21.4. The quantitative estimate of drug-likeness (QED) is 0.714. The zero-order valence-corrected chi connectivity index (χ0v) is 17.5. The minimum atomic E-state index is -0.446. The monoisotopic (exact) mass is 413 g/mol. The summed E-state index contributed by atoms with van der Waals surface area (Å²) in [6.45, 7) is 3.38. The Kier molecular flexibility index (Phi) is 6.71. The van der Waals surface area contributed by atoms with Crippen LogP contribution in [0.2, 0.25) is 0 Å². The van der Waals surface area contributed by atoms with Gasteiger partial charge in [-0.15, -0.1) is 0 Å². The molecule has 30 heavy (non-hydrogen) atoms. The summed E-state index contributed by atoms with van der Waals surface area (Å²) < 4.78 is 10.1. The molecule has 0 aliphatic carbocycles. The van der Waals surface area contributed by atoms with Gasteiger partial charge in [0.05, 0.1) is 30.9 Å². The van der Waals surface area contributed by atoms with Gasteiger partial charge in [-0.2, -0.15) is 0 Å². The number of aromatic nitrogens is 2. The Balaban J connectivity index is 1.90. The molecule has 1 aromatic heterocycles. The van der Waals surface area contributed by atoms with Crippen molar-refractivity contribution in [3.05, 3.63) is 36.2 Å². The Labute approximate surface area is 175 Å². The number of anilines is 4. The van der Waals surface area contributed by atoms with Crippen molar-refractivity contribution in [3.63, 3.8) is 0 Å². The molecule has 0 saturated carbocycles. The van der Waals surface area contributed by atoms with Crippen LogP contribution in [0, 0.1) is 5.92 Å². The van der Waals surface area contributed by atoms with Crippen molar-refractivity contribution >= 4 is 34.9 Å². The van der Waals surface area contributed by atoms with Crippen molar-refractivity contribution in [2.24, 2.45) is 5.92 Å². The lowest BCUT2D eigenvalue weighted by Crippen LogP contribution is -2.40. The summed E-state index contributed by atoms with van der Waals surface area (Å²) in [5.74, 6) is 0.179. The van der Waals surface area contributed by atoms with Crippen molar-refractivity contribution in [3.8, 4) is 0 Å². The van der Waals surface area contributed by atoms with E-state index in [0.717, 1.165) is 19.4 Å². The Morgan fingerprint density at radius 1 is 1.30 bits per heavy atom. The van der Waals surface area contributed by atoms with Gasteiger partial charge in [0.15, 0.2) is 11.6 Å². The number of para-hydroxylation sites is 1. The lowest BCUT2D eigenvalue weighted by molar-refractivity contribution is -0.148. The summed E-state index contributed by atoms with van der Waals surface area (Å²) in [6.07, 6.45) is 3.05. The first-order valence-corrected chi connectivity index (χ1v) is 9.91. The van der Waals surface area contributed by atoms with Gasteiger partial charge in [-0.25, -0.2) is 14.8 Å². The SMILES string of the molecule is CCOC(=O)C1CCCN(c2ncnc(N(C)c3ccccc3C(=O)OC)c2N)C1. The third-order valence-corrected chi connectivity index (χ3v) is 5.17. The predicted molar refractivity (Wildman–Crippen MR) is 114 cm³/mol. The van der Waals surface area contributed by atoms with Gasteiger partial charge in [0.2, 0.25) is 0 Å². The normalized spacial score (nSPS) is 16.1. The number of nitrogen functional groups attached to an aromatic ring is 1. The molecule has 2 heterocycles. The molecule has 1 fully saturated rings. The van der Waals surface area contributed by atoms with E-state index in [-0.39, 0.29) is 11.9 Å². The molecule has 1 aromatic carbocycles. The van der Waals surface area contributed by atoms with Crippen LogP contribution in [0.5, 0.6) is 0 Å². The minimum absolute atomic E-state index is 0.195. The number of ether oxygens (including phenoxy) is 2. The molecule has 2 aromatic rings. The molecule has 3 rings (SSSR count). The summed E-state index contributed by atoms with van der Waals surface area (Å²) >= 11 is 0. The van der Waals surface area contributed by atoms with Crippen molar-refractivity contribution in [2.75, 3.05) is 49.4 Å². The number of methoxy groups -OCH3 is 1. The molecule has 1 aliphatic heterocycles. The minimum Gasteiger partial charge on any atom is -0.466 e. The highest BCUT2D eigenvalue weighted by Crippen LogP contribution is 2.35. The molecule has 0 radical (unpaired) electrons. The average Bonchev–Trinajstić information content (AvgIpc) is 2.78. The van der Waals surface area contributed by atoms with Gasteiger partial charge in [-0.3, -0.25) is 4.79 Å². The highest BCUT2D eigenvalue weighted by molar-refractivity contribution is 5.97. The van der Waals surface area contributed by atoms with Crippen LogP contribution in [0.15, 0.2) is 30.6 Å². The average molecular weight is 413 g/mol. The van der Waals surface area contributed by atoms with E-state index in [4.69, 9.17) is 15.2 Å². The van der Waals surface area contributed by atoms with Crippen LogP contribution >= 0.6 is 0 Å². The molecule has 0 amide bonds. The maximum atomic E-state index is 12.2. The Morgan fingerprint density at radius 2 is 2.07 bits per heavy atom. The standard InChI is InChI=1S/C21H27N5O4/c1-4-30-20(27)14-8-7-11-26(12-14)19-17(22)18(23-13-24-19)25(2)16-10-6-5-9-15(16)21(28)29-3/h5-6,9-10,13-14H,4,7-8,11-12,22H2,1-3H3. The topological polar surface area (TPSA) is 111 Å². The van der Waals surface area contributed by atoms with Crippen LogP contribution in [-0.4, -0.2) is 55.8 Å². The zero-order valence-electron chi connectivity index (χ0n) is 17.5. The number of piperidine rings is 1. The van der Waals surface area contributed by atoms with Crippen molar-refractivity contribution in [2.45, 2.75) is 19.8 Å². The van der Waals surface area contributed by atoms with E-state index in [0.29, 0.717) is 41.7 Å². The van der Waals surface area contributed by atoms with E-state index in [9.17, 15) is 9.59 Å². The molecule has 0 bridgehead atoms. The molecule has 160 valence electrons. The summed E-state index contributed by atoms with van der Waals surface area (Å²) in [7, 11) is 3.12. The number of hydrogen-bond acceptors (Lipinski definition) is 9. The highest BCUT2D eigenvalue weighted by Gasteiger charge is 2.29. The maximum Gasteiger partial charge on any atom is 0.339 e. The van der Waals surface area contributed by atoms with E-state index in [2.05, 4.69) is 9.97 Å². The highest BCUT2D eigenvalue weighted by atomic mass is 16.5. The van der Waals surface area contributed by atoms with Crippen LogP contribution in [0.25, 0.3) is 0 Å². The largest absolute Gasteiger partial charge is 0.466 e. The third-order valence-electron chi connectivity index (χ3n) is 5.17. The fourth-order valence-corrected chi connectivity index (χ4v) is 3.68. The van der Waals surface area contributed by atoms with Gasteiger partial charge >= 0.3 is 11.9 Å². The predicted octanol–water partition coefficient (Wildman–Crippen LogP) is 2.39. The van der Waals surface area contributed by atoms with Gasteiger partial charge in [-0.05, 0) is 31.9 Å². The first-order chi connectivity index (χ1) is 14.5. The van der Waals surface area contributed by atoms with E-state index in [1.807, 2.05) is 11.0 Å². The summed E-state index contributed by atoms with van der Waals surface area (Å²) in [4.78, 5) is 36.8. The van der Waals surface area contributed by atoms with Crippen molar-refractivity contribution < 1.29 is 19.1 Å². The number of benzene rings is 1. The number of carbonyl (C=O) groups excluding carboxylic acids is 2. The molecule has 2 N–H and O–H groups in total. The third kappa shape index (κ3) is 4.29. The Bertz CT molecular complexity index is 920. The number of nitrogens with zero attached hydrogens (tertiary/aromatic N) is 4. The van der Waals surface area contributed by atoms with Gasteiger partial charge in [-0.1, -0.05) is 12.1 Å². The summed E-state index contributed by atoms with van der Waals surface area (Å²) in [6, 6.07) is 7.07. The second kappa shape index (κ2) is 9.43. The number of hydrogen-bond donors (Lipinski definition) is 1. The summed E-state index contributed by atoms with van der Waals surface area (Å²) in [5.41, 5.74) is 7.85. The molecule has 1 saturated heterocycles. The van der Waals surface area contributed by atoms with Gasteiger partial charge < -0.3 is 25.0 Å². The molecule has 9 heteroatoms. The smallest absolute Gasteiger partial charge is 0.339 e. The second-order valence-corrected chi connectivity index (χ2v) is 7.04. The van der Waals surface area contributed by atoms with E-state index in [1.54, 1.807) is 37.1 Å². The molecular formula is C21H27N5O4. The molecule has 1 atom stereocenters. The van der Waals surface area contributed by atoms with Crippen LogP contribution < -0.4 is 15.5 Å². The molecule has 1 aliphatic rings. The maximum absolute atomic E-state index is 12.2. The van der Waals surface area contributed by atoms with Crippen LogP contribution in [0.3, 0.4) is 0 Å². The Hall–Kier alpha value is -3.36. The van der Waals surface area contributed by atoms with Gasteiger partial charge in [0, 0.05) is 20.1 Å². The van der Waals surface area contributed by atoms with Crippen LogP contribution in [-0.2, 0) is 14.3 Å². The fourth-order valence-electron chi connectivity index (χ4n) is 3.68. The van der Waals surface area contributed by atoms with Crippen molar-refractivity contribution in [1.29, 1.82) is 0 Å². The second-order valence-electron chi connectivity index (χ2n) is 7.04. The van der Waals surface area contributed by atoms with Gasteiger partial charge in [0.25, 0.3) is 0 Å². The number of rotatable bonds is 6. The van der Waals surface area contributed by atoms with E-state index in [1.165, 1.54) is 13.4 Å². The lowest BCUT2D eigenvalue weighted by atomic mass is 9.98. The van der Waals surface area contributed by atoms with E-state index < -0.39 is 5.97 Å². The molecule has 0 spiro atoms. The molecule has 1 unspecified atom stereocenters. The van der Waals surface area contributed by atoms with Crippen molar-refractivity contribution in [1.82, 2.24) is 9.97 Å². The van der Waals surface area contributed by atoms with Crippen LogP contribution in [0.4, 0.5) is 23.0 Å². The van der Waals surface area contributed by atoms with E-state index >= 15 is 0 Å². The number of esters is 2. The van der Waals surface area contributed by atoms with Gasteiger partial charge in [0.1, 0.15) is 12.0 Å². The van der Waals surface area contributed by atoms with Crippen LogP contribution in [0.1, 0.15) is 30.1 Å². The fraction of sp³-hybridized carbons (Fsp3) is 0.429. The zero-order chi connectivity index (χ0) is 21.7. The molecular weight excluding hydrogens is 386 g/mol. The summed E-state index contributed by atoms with van der Waals surface area (Å²) in [5, 5.41) is 0.